The minimum atomic E-state index is -0.00307. The molecule has 1 saturated heterocycles. The second-order valence-electron chi connectivity index (χ2n) is 7.34. The van der Waals surface area contributed by atoms with Crippen molar-refractivity contribution in [1.82, 2.24) is 15.1 Å². The number of carbonyl (C=O) groups excluding carboxylic acids is 2. The summed E-state index contributed by atoms with van der Waals surface area (Å²) in [7, 11) is 3.79. The molecule has 26 heavy (non-hydrogen) atoms. The first-order valence-electron chi connectivity index (χ1n) is 9.20. The minimum Gasteiger partial charge on any atom is -0.341 e. The van der Waals surface area contributed by atoms with Crippen molar-refractivity contribution in [2.24, 2.45) is 11.8 Å². The lowest BCUT2D eigenvalue weighted by atomic mass is 9.96. The zero-order valence-electron chi connectivity index (χ0n) is 16.3. The molecule has 0 aliphatic carbocycles. The number of carbonyl (C=O) groups is 2. The van der Waals surface area contributed by atoms with Crippen molar-refractivity contribution in [2.75, 3.05) is 33.7 Å². The summed E-state index contributed by atoms with van der Waals surface area (Å²) in [5.41, 5.74) is 1.77. The summed E-state index contributed by atoms with van der Waals surface area (Å²) in [6.07, 6.45) is 2.12. The van der Waals surface area contributed by atoms with Crippen molar-refractivity contribution >= 4 is 24.2 Å². The smallest absolute Gasteiger partial charge is 0.253 e. The van der Waals surface area contributed by atoms with Gasteiger partial charge in [0.25, 0.3) is 5.91 Å². The van der Waals surface area contributed by atoms with E-state index in [0.717, 1.165) is 43.6 Å². The van der Waals surface area contributed by atoms with Crippen LogP contribution in [0.2, 0.25) is 0 Å². The van der Waals surface area contributed by atoms with Crippen LogP contribution in [-0.4, -0.2) is 55.3 Å². The van der Waals surface area contributed by atoms with Gasteiger partial charge in [-0.15, -0.1) is 12.4 Å². The summed E-state index contributed by atoms with van der Waals surface area (Å²) in [5, 5.41) is 3.22. The van der Waals surface area contributed by atoms with E-state index >= 15 is 0 Å². The fourth-order valence-electron chi connectivity index (χ4n) is 3.36. The van der Waals surface area contributed by atoms with Crippen molar-refractivity contribution in [3.05, 3.63) is 35.4 Å². The van der Waals surface area contributed by atoms with Crippen molar-refractivity contribution in [3.8, 4) is 0 Å². The second kappa shape index (κ2) is 10.5. The SMILES string of the molecule is CNCC1CCN(C(=O)c2ccc(CN(C)C(=O)C(C)C)cc2)CC1.Cl. The predicted molar refractivity (Wildman–Crippen MR) is 108 cm³/mol. The molecule has 1 heterocycles. The van der Waals surface area contributed by atoms with Crippen LogP contribution < -0.4 is 5.32 Å². The highest BCUT2D eigenvalue weighted by Crippen LogP contribution is 2.19. The number of nitrogens with zero attached hydrogens (tertiary/aromatic N) is 2. The fourth-order valence-corrected chi connectivity index (χ4v) is 3.36. The number of likely N-dealkylation sites (tertiary alicyclic amines) is 1. The van der Waals surface area contributed by atoms with Crippen molar-refractivity contribution in [2.45, 2.75) is 33.2 Å². The van der Waals surface area contributed by atoms with Gasteiger partial charge in [0.15, 0.2) is 0 Å². The quantitative estimate of drug-likeness (QED) is 0.824. The molecule has 1 aliphatic heterocycles. The Hall–Kier alpha value is -1.59. The second-order valence-corrected chi connectivity index (χ2v) is 7.34. The average Bonchev–Trinajstić information content (AvgIpc) is 2.62. The highest BCUT2D eigenvalue weighted by Gasteiger charge is 2.23. The Morgan fingerprint density at radius 3 is 2.27 bits per heavy atom. The maximum Gasteiger partial charge on any atom is 0.253 e. The molecule has 0 atom stereocenters. The largest absolute Gasteiger partial charge is 0.341 e. The van der Waals surface area contributed by atoms with Crippen LogP contribution in [-0.2, 0) is 11.3 Å². The third-order valence-electron chi connectivity index (χ3n) is 4.89. The van der Waals surface area contributed by atoms with Crippen LogP contribution in [0.15, 0.2) is 24.3 Å². The van der Waals surface area contributed by atoms with Crippen LogP contribution >= 0.6 is 12.4 Å². The van der Waals surface area contributed by atoms with Gasteiger partial charge >= 0.3 is 0 Å². The molecule has 0 aromatic heterocycles. The molecule has 1 N–H and O–H groups in total. The van der Waals surface area contributed by atoms with Gasteiger partial charge in [0.1, 0.15) is 0 Å². The summed E-state index contributed by atoms with van der Waals surface area (Å²) < 4.78 is 0. The van der Waals surface area contributed by atoms with Crippen molar-refractivity contribution in [3.63, 3.8) is 0 Å². The molecule has 1 aliphatic rings. The summed E-state index contributed by atoms with van der Waals surface area (Å²) >= 11 is 0. The van der Waals surface area contributed by atoms with Gasteiger partial charge in [-0.1, -0.05) is 26.0 Å². The molecule has 1 aromatic carbocycles. The standard InChI is InChI=1S/C20H31N3O2.ClH/c1-15(2)19(24)22(4)14-17-5-7-18(8-6-17)20(25)23-11-9-16(10-12-23)13-21-3;/h5-8,15-16,21H,9-14H2,1-4H3;1H. The lowest BCUT2D eigenvalue weighted by Gasteiger charge is -2.32. The maximum atomic E-state index is 12.6. The molecule has 1 aromatic rings. The number of benzene rings is 1. The lowest BCUT2D eigenvalue weighted by Crippen LogP contribution is -2.40. The van der Waals surface area contributed by atoms with Gasteiger partial charge in [0.2, 0.25) is 5.91 Å². The number of piperidine rings is 1. The van der Waals surface area contributed by atoms with Crippen LogP contribution in [0.3, 0.4) is 0 Å². The summed E-state index contributed by atoms with van der Waals surface area (Å²) in [4.78, 5) is 28.3. The number of amides is 2. The van der Waals surface area contributed by atoms with Crippen molar-refractivity contribution in [1.29, 1.82) is 0 Å². The maximum absolute atomic E-state index is 12.6. The van der Waals surface area contributed by atoms with Crippen LogP contribution in [0.1, 0.15) is 42.6 Å². The van der Waals surface area contributed by atoms with Crippen LogP contribution in [0.25, 0.3) is 0 Å². The van der Waals surface area contributed by atoms with Gasteiger partial charge in [-0.3, -0.25) is 9.59 Å². The van der Waals surface area contributed by atoms with Gasteiger partial charge in [-0.25, -0.2) is 0 Å². The Morgan fingerprint density at radius 2 is 1.77 bits per heavy atom. The minimum absolute atomic E-state index is 0. The zero-order chi connectivity index (χ0) is 18.4. The Kier molecular flexibility index (Phi) is 9.09. The summed E-state index contributed by atoms with van der Waals surface area (Å²) in [6.45, 7) is 7.07. The zero-order valence-corrected chi connectivity index (χ0v) is 17.1. The molecule has 5 nitrogen and oxygen atoms in total. The highest BCUT2D eigenvalue weighted by atomic mass is 35.5. The van der Waals surface area contributed by atoms with Crippen LogP contribution in [0.5, 0.6) is 0 Å². The monoisotopic (exact) mass is 381 g/mol. The van der Waals surface area contributed by atoms with E-state index in [2.05, 4.69) is 5.32 Å². The Balaban J connectivity index is 0.00000338. The van der Waals surface area contributed by atoms with Gasteiger partial charge < -0.3 is 15.1 Å². The molecule has 146 valence electrons. The van der Waals surface area contributed by atoms with Crippen molar-refractivity contribution < 1.29 is 9.59 Å². The molecule has 6 heteroatoms. The van der Waals surface area contributed by atoms with E-state index in [9.17, 15) is 9.59 Å². The highest BCUT2D eigenvalue weighted by molar-refractivity contribution is 5.94. The first-order chi connectivity index (χ1) is 11.9. The molecule has 2 rings (SSSR count). The number of halogens is 1. The lowest BCUT2D eigenvalue weighted by molar-refractivity contribution is -0.133. The predicted octanol–water partition coefficient (Wildman–Crippen LogP) is 2.79. The van der Waals surface area contributed by atoms with E-state index in [0.29, 0.717) is 12.5 Å². The third kappa shape index (κ3) is 5.99. The molecule has 0 bridgehead atoms. The van der Waals surface area contributed by atoms with E-state index in [4.69, 9.17) is 0 Å². The van der Waals surface area contributed by atoms with Gasteiger partial charge in [0.05, 0.1) is 0 Å². The summed E-state index contributed by atoms with van der Waals surface area (Å²) in [6, 6.07) is 7.66. The van der Waals surface area contributed by atoms with Gasteiger partial charge in [0, 0.05) is 38.2 Å². The van der Waals surface area contributed by atoms with Gasteiger partial charge in [-0.05, 0) is 50.0 Å². The average molecular weight is 382 g/mol. The fraction of sp³-hybridized carbons (Fsp3) is 0.600. The summed E-state index contributed by atoms with van der Waals surface area (Å²) in [5.74, 6) is 0.910. The van der Waals surface area contributed by atoms with Gasteiger partial charge in [-0.2, -0.15) is 0 Å². The van der Waals surface area contributed by atoms with E-state index < -0.39 is 0 Å². The number of hydrogen-bond acceptors (Lipinski definition) is 3. The Bertz CT molecular complexity index is 581. The van der Waals surface area contributed by atoms with E-state index in [-0.39, 0.29) is 30.1 Å². The number of rotatable bonds is 6. The Morgan fingerprint density at radius 1 is 1.19 bits per heavy atom. The number of hydrogen-bond donors (Lipinski definition) is 1. The molecule has 2 amide bonds. The molecule has 1 fully saturated rings. The molecular weight excluding hydrogens is 350 g/mol. The normalized spacial score (nSPS) is 14.9. The topological polar surface area (TPSA) is 52.7 Å². The molecular formula is C20H32ClN3O2. The molecule has 0 unspecified atom stereocenters. The van der Waals surface area contributed by atoms with E-state index in [1.165, 1.54) is 0 Å². The first-order valence-corrected chi connectivity index (χ1v) is 9.20. The Labute approximate surface area is 163 Å². The first kappa shape index (κ1) is 22.5. The van der Waals surface area contributed by atoms with Crippen LogP contribution in [0, 0.1) is 11.8 Å². The third-order valence-corrected chi connectivity index (χ3v) is 4.89. The van der Waals surface area contributed by atoms with Crippen LogP contribution in [0.4, 0.5) is 0 Å². The van der Waals surface area contributed by atoms with E-state index in [1.54, 1.807) is 4.90 Å². The number of nitrogens with one attached hydrogen (secondary N) is 1. The molecule has 0 spiro atoms. The van der Waals surface area contributed by atoms with E-state index in [1.807, 2.05) is 57.1 Å². The molecule has 0 radical (unpaired) electrons. The molecule has 0 saturated carbocycles.